The number of imidazole rings is 1. The van der Waals surface area contributed by atoms with Gasteiger partial charge in [-0.25, -0.2) is 4.98 Å². The maximum Gasteiger partial charge on any atom is 0.123 e. The molecule has 2 rings (SSSR count). The fraction of sp³-hybridized carbons (Fsp3) is 0.462. The van der Waals surface area contributed by atoms with Gasteiger partial charge in [0, 0.05) is 11.6 Å². The maximum absolute atomic E-state index is 5.98. The van der Waals surface area contributed by atoms with Gasteiger partial charge < -0.3 is 15.2 Å². The van der Waals surface area contributed by atoms with Crippen molar-refractivity contribution in [2.24, 2.45) is 5.73 Å². The van der Waals surface area contributed by atoms with Gasteiger partial charge in [0.15, 0.2) is 0 Å². The van der Waals surface area contributed by atoms with E-state index >= 15 is 0 Å². The van der Waals surface area contributed by atoms with Crippen LogP contribution in [0, 0.1) is 0 Å². The summed E-state index contributed by atoms with van der Waals surface area (Å²) in [6, 6.07) is 5.80. The summed E-state index contributed by atoms with van der Waals surface area (Å²) in [7, 11) is 4.16. The van der Waals surface area contributed by atoms with E-state index in [2.05, 4.69) is 28.5 Å². The van der Waals surface area contributed by atoms with Crippen LogP contribution in [0.3, 0.4) is 0 Å². The molecule has 4 nitrogen and oxygen atoms in total. The lowest BCUT2D eigenvalue weighted by Gasteiger charge is -2.11. The molecule has 0 atom stereocenters. The Labute approximate surface area is 112 Å². The smallest absolute Gasteiger partial charge is 0.123 e. The number of nitrogens with two attached hydrogens (primary N) is 1. The minimum absolute atomic E-state index is 0.453. The number of hydrogen-bond donors (Lipinski definition) is 1. The van der Waals surface area contributed by atoms with Gasteiger partial charge in [0.1, 0.15) is 5.82 Å². The van der Waals surface area contributed by atoms with E-state index in [1.165, 1.54) is 0 Å². The highest BCUT2D eigenvalue weighted by Crippen LogP contribution is 2.20. The van der Waals surface area contributed by atoms with Crippen molar-refractivity contribution in [1.29, 1.82) is 0 Å². The molecule has 5 heteroatoms. The zero-order chi connectivity index (χ0) is 13.1. The lowest BCUT2D eigenvalue weighted by molar-refractivity contribution is 0.386. The SMILES string of the molecule is CN(C)CCCn1c(CN)nc2cc(Cl)ccc21. The molecule has 0 aliphatic carbocycles. The molecule has 0 fully saturated rings. The van der Waals surface area contributed by atoms with E-state index in [1.54, 1.807) is 0 Å². The predicted octanol–water partition coefficient (Wildman–Crippen LogP) is 2.10. The first-order valence-electron chi connectivity index (χ1n) is 6.11. The monoisotopic (exact) mass is 266 g/mol. The Morgan fingerprint density at radius 2 is 2.17 bits per heavy atom. The molecular formula is C13H19ClN4. The molecule has 0 bridgehead atoms. The third-order valence-electron chi connectivity index (χ3n) is 2.96. The number of hydrogen-bond acceptors (Lipinski definition) is 3. The van der Waals surface area contributed by atoms with Gasteiger partial charge in [-0.05, 0) is 45.3 Å². The summed E-state index contributed by atoms with van der Waals surface area (Å²) >= 11 is 5.98. The van der Waals surface area contributed by atoms with Crippen LogP contribution in [0.2, 0.25) is 5.02 Å². The summed E-state index contributed by atoms with van der Waals surface area (Å²) in [5.41, 5.74) is 7.79. The van der Waals surface area contributed by atoms with Crippen molar-refractivity contribution in [3.05, 3.63) is 29.0 Å². The van der Waals surface area contributed by atoms with Gasteiger partial charge in [-0.2, -0.15) is 0 Å². The Hall–Kier alpha value is -1.10. The van der Waals surface area contributed by atoms with E-state index in [-0.39, 0.29) is 0 Å². The average molecular weight is 267 g/mol. The minimum Gasteiger partial charge on any atom is -0.327 e. The average Bonchev–Trinajstić information content (AvgIpc) is 2.66. The predicted molar refractivity (Wildman–Crippen MR) is 75.8 cm³/mol. The molecule has 0 aliphatic heterocycles. The third-order valence-corrected chi connectivity index (χ3v) is 3.19. The Bertz CT molecular complexity index is 533. The van der Waals surface area contributed by atoms with Crippen molar-refractivity contribution in [1.82, 2.24) is 14.5 Å². The first-order chi connectivity index (χ1) is 8.61. The molecule has 0 aliphatic rings. The van der Waals surface area contributed by atoms with E-state index in [4.69, 9.17) is 17.3 Å². The molecule has 0 saturated heterocycles. The van der Waals surface area contributed by atoms with Crippen LogP contribution in [0.15, 0.2) is 18.2 Å². The molecule has 2 aromatic rings. The van der Waals surface area contributed by atoms with Crippen molar-refractivity contribution in [3.63, 3.8) is 0 Å². The standard InChI is InChI=1S/C13H19ClN4/c1-17(2)6-3-7-18-12-5-4-10(14)8-11(12)16-13(18)9-15/h4-5,8H,3,6-7,9,15H2,1-2H3. The number of aromatic nitrogens is 2. The lowest BCUT2D eigenvalue weighted by Crippen LogP contribution is -2.16. The molecule has 2 N–H and O–H groups in total. The van der Waals surface area contributed by atoms with Crippen LogP contribution < -0.4 is 5.73 Å². The van der Waals surface area contributed by atoms with Crippen molar-refractivity contribution >= 4 is 22.6 Å². The fourth-order valence-electron chi connectivity index (χ4n) is 2.10. The highest BCUT2D eigenvalue weighted by Gasteiger charge is 2.09. The van der Waals surface area contributed by atoms with Gasteiger partial charge in [-0.1, -0.05) is 11.6 Å². The molecule has 98 valence electrons. The Morgan fingerprint density at radius 1 is 1.39 bits per heavy atom. The number of rotatable bonds is 5. The largest absolute Gasteiger partial charge is 0.327 e. The number of fused-ring (bicyclic) bond motifs is 1. The molecule has 0 amide bonds. The van der Waals surface area contributed by atoms with Crippen LogP contribution in [-0.2, 0) is 13.1 Å². The summed E-state index contributed by atoms with van der Waals surface area (Å²) in [4.78, 5) is 6.71. The zero-order valence-corrected chi connectivity index (χ0v) is 11.6. The molecule has 18 heavy (non-hydrogen) atoms. The van der Waals surface area contributed by atoms with Crippen LogP contribution in [0.25, 0.3) is 11.0 Å². The van der Waals surface area contributed by atoms with Gasteiger partial charge in [0.2, 0.25) is 0 Å². The van der Waals surface area contributed by atoms with Crippen LogP contribution in [0.5, 0.6) is 0 Å². The van der Waals surface area contributed by atoms with E-state index in [0.717, 1.165) is 36.4 Å². The molecule has 0 radical (unpaired) electrons. The van der Waals surface area contributed by atoms with Gasteiger partial charge in [-0.3, -0.25) is 0 Å². The second-order valence-electron chi connectivity index (χ2n) is 4.67. The summed E-state index contributed by atoms with van der Waals surface area (Å²) in [5, 5.41) is 0.712. The molecule has 0 unspecified atom stereocenters. The molecular weight excluding hydrogens is 248 g/mol. The first-order valence-corrected chi connectivity index (χ1v) is 6.49. The van der Waals surface area contributed by atoms with Crippen LogP contribution in [0.1, 0.15) is 12.2 Å². The van der Waals surface area contributed by atoms with Crippen molar-refractivity contribution in [3.8, 4) is 0 Å². The Kier molecular flexibility index (Phi) is 4.22. The topological polar surface area (TPSA) is 47.1 Å². The van der Waals surface area contributed by atoms with E-state index in [1.807, 2.05) is 18.2 Å². The molecule has 0 saturated carbocycles. The Morgan fingerprint density at radius 3 is 2.83 bits per heavy atom. The van der Waals surface area contributed by atoms with E-state index in [0.29, 0.717) is 11.6 Å². The lowest BCUT2D eigenvalue weighted by atomic mass is 10.3. The second kappa shape index (κ2) is 5.69. The molecule has 1 heterocycles. The second-order valence-corrected chi connectivity index (χ2v) is 5.11. The van der Waals surface area contributed by atoms with Crippen molar-refractivity contribution in [2.45, 2.75) is 19.5 Å². The highest BCUT2D eigenvalue weighted by atomic mass is 35.5. The summed E-state index contributed by atoms with van der Waals surface area (Å²) in [5.74, 6) is 0.922. The normalized spacial score (nSPS) is 11.6. The molecule has 1 aromatic carbocycles. The number of benzene rings is 1. The molecule has 1 aromatic heterocycles. The Balaban J connectivity index is 2.29. The highest BCUT2D eigenvalue weighted by molar-refractivity contribution is 6.31. The van der Waals surface area contributed by atoms with Crippen molar-refractivity contribution in [2.75, 3.05) is 20.6 Å². The zero-order valence-electron chi connectivity index (χ0n) is 10.9. The van der Waals surface area contributed by atoms with Crippen LogP contribution in [0.4, 0.5) is 0 Å². The van der Waals surface area contributed by atoms with Gasteiger partial charge in [0.05, 0.1) is 17.6 Å². The van der Waals surface area contributed by atoms with E-state index < -0.39 is 0 Å². The third kappa shape index (κ3) is 2.83. The summed E-state index contributed by atoms with van der Waals surface area (Å²) in [6.07, 6.45) is 1.08. The van der Waals surface area contributed by atoms with Crippen LogP contribution in [-0.4, -0.2) is 35.1 Å². The van der Waals surface area contributed by atoms with Gasteiger partial charge >= 0.3 is 0 Å². The quantitative estimate of drug-likeness (QED) is 0.902. The first kappa shape index (κ1) is 13.3. The van der Waals surface area contributed by atoms with Gasteiger partial charge in [0.25, 0.3) is 0 Å². The number of aryl methyl sites for hydroxylation is 1. The minimum atomic E-state index is 0.453. The number of halogens is 1. The van der Waals surface area contributed by atoms with Crippen molar-refractivity contribution < 1.29 is 0 Å². The maximum atomic E-state index is 5.98. The van der Waals surface area contributed by atoms with Gasteiger partial charge in [-0.15, -0.1) is 0 Å². The fourth-order valence-corrected chi connectivity index (χ4v) is 2.27. The van der Waals surface area contributed by atoms with Crippen LogP contribution >= 0.6 is 11.6 Å². The number of nitrogens with zero attached hydrogens (tertiary/aromatic N) is 3. The summed E-state index contributed by atoms with van der Waals surface area (Å²) in [6.45, 7) is 2.44. The molecule has 0 spiro atoms. The van der Waals surface area contributed by atoms with E-state index in [9.17, 15) is 0 Å². The summed E-state index contributed by atoms with van der Waals surface area (Å²) < 4.78 is 2.19.